The van der Waals surface area contributed by atoms with Crippen LogP contribution in [0.1, 0.15) is 13.3 Å². The Balaban J connectivity index is 3.49. The van der Waals surface area contributed by atoms with Crippen LogP contribution >= 0.6 is 11.8 Å². The van der Waals surface area contributed by atoms with Crippen molar-refractivity contribution in [2.75, 3.05) is 38.4 Å². The Morgan fingerprint density at radius 3 is 2.61 bits per heavy atom. The summed E-state index contributed by atoms with van der Waals surface area (Å²) in [5.41, 5.74) is 0. The van der Waals surface area contributed by atoms with Crippen molar-refractivity contribution < 1.29 is 24.2 Å². The third kappa shape index (κ3) is 10.4. The van der Waals surface area contributed by atoms with E-state index in [2.05, 4.69) is 5.32 Å². The molecule has 0 radical (unpaired) electrons. The molecule has 7 heteroatoms. The van der Waals surface area contributed by atoms with Crippen LogP contribution in [0.5, 0.6) is 0 Å². The van der Waals surface area contributed by atoms with Crippen LogP contribution in [0.2, 0.25) is 0 Å². The second kappa shape index (κ2) is 11.3. The molecule has 1 atom stereocenters. The van der Waals surface area contributed by atoms with Crippen LogP contribution < -0.4 is 5.32 Å². The van der Waals surface area contributed by atoms with Crippen LogP contribution in [0.4, 0.5) is 0 Å². The van der Waals surface area contributed by atoms with Gasteiger partial charge in [0.2, 0.25) is 5.91 Å². The van der Waals surface area contributed by atoms with Gasteiger partial charge < -0.3 is 19.9 Å². The number of carboxylic acid groups (broad SMARTS) is 1. The third-order valence-electron chi connectivity index (χ3n) is 1.97. The molecule has 0 fully saturated rings. The van der Waals surface area contributed by atoms with Crippen molar-refractivity contribution in [3.8, 4) is 0 Å². The Hall–Kier alpha value is -0.790. The first kappa shape index (κ1) is 17.2. The zero-order chi connectivity index (χ0) is 13.8. The monoisotopic (exact) mass is 279 g/mol. The minimum Gasteiger partial charge on any atom is -0.480 e. The number of hydrogen-bond acceptors (Lipinski definition) is 5. The van der Waals surface area contributed by atoms with Crippen LogP contribution in [0.25, 0.3) is 0 Å². The number of carbonyl (C=O) groups is 2. The highest BCUT2D eigenvalue weighted by atomic mass is 32.2. The summed E-state index contributed by atoms with van der Waals surface area (Å²) in [5, 5.41) is 11.2. The number of carboxylic acids is 1. The molecule has 0 rings (SSSR count). The number of methoxy groups -OCH3 is 1. The average Bonchev–Trinajstić information content (AvgIpc) is 2.30. The van der Waals surface area contributed by atoms with Gasteiger partial charge >= 0.3 is 5.97 Å². The van der Waals surface area contributed by atoms with Crippen LogP contribution in [0, 0.1) is 0 Å². The molecule has 0 aromatic carbocycles. The zero-order valence-corrected chi connectivity index (χ0v) is 11.6. The van der Waals surface area contributed by atoms with Gasteiger partial charge in [-0.15, -0.1) is 0 Å². The number of ether oxygens (including phenoxy) is 2. The molecule has 0 aliphatic rings. The number of rotatable bonds is 11. The Labute approximate surface area is 111 Å². The zero-order valence-electron chi connectivity index (χ0n) is 10.8. The van der Waals surface area contributed by atoms with Crippen LogP contribution in [0.3, 0.4) is 0 Å². The molecule has 0 aromatic rings. The van der Waals surface area contributed by atoms with E-state index >= 15 is 0 Å². The standard InChI is InChI=1S/C11H21NO5S/c1-9(13)12-10(11(14)15)8-18-7-6-17-5-3-4-16-2/h10H,3-8H2,1-2H3,(H,12,13)(H,14,15). The first-order chi connectivity index (χ1) is 8.57. The minimum absolute atomic E-state index is 0.334. The number of thioether (sulfide) groups is 1. The number of nitrogens with one attached hydrogen (secondary N) is 1. The van der Waals surface area contributed by atoms with E-state index < -0.39 is 12.0 Å². The molecule has 0 aromatic heterocycles. The summed E-state index contributed by atoms with van der Waals surface area (Å²) in [6.07, 6.45) is 0.852. The molecule has 0 spiro atoms. The Morgan fingerprint density at radius 1 is 1.33 bits per heavy atom. The topological polar surface area (TPSA) is 84.9 Å². The number of carbonyl (C=O) groups excluding carboxylic acids is 1. The van der Waals surface area contributed by atoms with Gasteiger partial charge in [0.05, 0.1) is 6.61 Å². The lowest BCUT2D eigenvalue weighted by Gasteiger charge is -2.12. The summed E-state index contributed by atoms with van der Waals surface area (Å²) < 4.78 is 10.2. The maximum absolute atomic E-state index is 10.8. The normalized spacial score (nSPS) is 12.1. The summed E-state index contributed by atoms with van der Waals surface area (Å²) in [6.45, 7) is 3.19. The highest BCUT2D eigenvalue weighted by Crippen LogP contribution is 2.03. The van der Waals surface area contributed by atoms with E-state index in [1.807, 2.05) is 0 Å². The van der Waals surface area contributed by atoms with Gasteiger partial charge in [0.15, 0.2) is 0 Å². The lowest BCUT2D eigenvalue weighted by molar-refractivity contribution is -0.140. The SMILES string of the molecule is COCCCOCCSCC(NC(C)=O)C(=O)O. The van der Waals surface area contributed by atoms with Crippen molar-refractivity contribution in [1.29, 1.82) is 0 Å². The molecule has 1 amide bonds. The van der Waals surface area contributed by atoms with E-state index in [9.17, 15) is 9.59 Å². The Bertz CT molecular complexity index is 250. The molecule has 6 nitrogen and oxygen atoms in total. The second-order valence-corrected chi connectivity index (χ2v) is 4.77. The summed E-state index contributed by atoms with van der Waals surface area (Å²) in [5.74, 6) is -0.301. The molecule has 1 unspecified atom stereocenters. The van der Waals surface area contributed by atoms with Gasteiger partial charge in [0.25, 0.3) is 0 Å². The molecule has 0 saturated heterocycles. The molecule has 0 aliphatic carbocycles. The number of aliphatic carboxylic acids is 1. The lowest BCUT2D eigenvalue weighted by Crippen LogP contribution is -2.41. The van der Waals surface area contributed by atoms with Crippen LogP contribution in [-0.4, -0.2) is 61.5 Å². The van der Waals surface area contributed by atoms with Gasteiger partial charge in [-0.1, -0.05) is 0 Å². The molecule has 0 saturated carbocycles. The maximum Gasteiger partial charge on any atom is 0.327 e. The molecule has 18 heavy (non-hydrogen) atoms. The molecular weight excluding hydrogens is 258 g/mol. The van der Waals surface area contributed by atoms with E-state index in [0.29, 0.717) is 31.3 Å². The summed E-state index contributed by atoms with van der Waals surface area (Å²) in [4.78, 5) is 21.6. The molecule has 2 N–H and O–H groups in total. The van der Waals surface area contributed by atoms with E-state index in [1.54, 1.807) is 7.11 Å². The van der Waals surface area contributed by atoms with Crippen molar-refractivity contribution in [1.82, 2.24) is 5.32 Å². The fraction of sp³-hybridized carbons (Fsp3) is 0.818. The van der Waals surface area contributed by atoms with Crippen molar-refractivity contribution in [2.45, 2.75) is 19.4 Å². The summed E-state index contributed by atoms with van der Waals surface area (Å²) in [7, 11) is 1.64. The van der Waals surface area contributed by atoms with Gasteiger partial charge in [-0.05, 0) is 6.42 Å². The van der Waals surface area contributed by atoms with E-state index in [0.717, 1.165) is 6.42 Å². The van der Waals surface area contributed by atoms with E-state index in [-0.39, 0.29) is 5.91 Å². The smallest absolute Gasteiger partial charge is 0.327 e. The van der Waals surface area contributed by atoms with Gasteiger partial charge in [-0.2, -0.15) is 11.8 Å². The van der Waals surface area contributed by atoms with Gasteiger partial charge in [-0.3, -0.25) is 4.79 Å². The summed E-state index contributed by atoms with van der Waals surface area (Å²) in [6, 6.07) is -0.832. The first-order valence-electron chi connectivity index (χ1n) is 5.72. The third-order valence-corrected chi connectivity index (χ3v) is 2.99. The lowest BCUT2D eigenvalue weighted by atomic mass is 10.3. The highest BCUT2D eigenvalue weighted by Gasteiger charge is 2.17. The molecule has 0 heterocycles. The van der Waals surface area contributed by atoms with E-state index in [1.165, 1.54) is 18.7 Å². The highest BCUT2D eigenvalue weighted by molar-refractivity contribution is 7.99. The minimum atomic E-state index is -1.02. The predicted molar refractivity (Wildman–Crippen MR) is 69.9 cm³/mol. The number of hydrogen-bond donors (Lipinski definition) is 2. The maximum atomic E-state index is 10.8. The average molecular weight is 279 g/mol. The summed E-state index contributed by atoms with van der Waals surface area (Å²) >= 11 is 1.44. The van der Waals surface area contributed by atoms with Crippen LogP contribution in [-0.2, 0) is 19.1 Å². The molecular formula is C11H21NO5S. The van der Waals surface area contributed by atoms with Gasteiger partial charge in [-0.25, -0.2) is 4.79 Å². The van der Waals surface area contributed by atoms with Crippen molar-refractivity contribution in [2.24, 2.45) is 0 Å². The fourth-order valence-electron chi connectivity index (χ4n) is 1.15. The molecule has 0 aliphatic heterocycles. The second-order valence-electron chi connectivity index (χ2n) is 3.62. The van der Waals surface area contributed by atoms with Crippen molar-refractivity contribution in [3.63, 3.8) is 0 Å². The van der Waals surface area contributed by atoms with Gasteiger partial charge in [0, 0.05) is 38.8 Å². The van der Waals surface area contributed by atoms with E-state index in [4.69, 9.17) is 14.6 Å². The molecule has 0 bridgehead atoms. The predicted octanol–water partition coefficient (Wildman–Crippen LogP) is 0.362. The Morgan fingerprint density at radius 2 is 2.06 bits per heavy atom. The van der Waals surface area contributed by atoms with Crippen molar-refractivity contribution in [3.05, 3.63) is 0 Å². The fourth-order valence-corrected chi connectivity index (χ4v) is 2.01. The van der Waals surface area contributed by atoms with Crippen molar-refractivity contribution >= 4 is 23.6 Å². The first-order valence-corrected chi connectivity index (χ1v) is 6.87. The number of amides is 1. The van der Waals surface area contributed by atoms with Crippen LogP contribution in [0.15, 0.2) is 0 Å². The quantitative estimate of drug-likeness (QED) is 0.531. The Kier molecular flexibility index (Phi) is 10.8. The largest absolute Gasteiger partial charge is 0.480 e. The molecule has 106 valence electrons. The van der Waals surface area contributed by atoms with Gasteiger partial charge in [0.1, 0.15) is 6.04 Å².